The molecule has 5 aromatic carbocycles. The van der Waals surface area contributed by atoms with Gasteiger partial charge in [-0.05, 0) is 67.1 Å². The Labute approximate surface area is 151 Å². The zero-order valence-corrected chi connectivity index (χ0v) is 14.5. The van der Waals surface area contributed by atoms with E-state index in [0.717, 1.165) is 0 Å². The summed E-state index contributed by atoms with van der Waals surface area (Å²) in [6, 6.07) is 21.6. The molecule has 0 saturated heterocycles. The second-order valence-corrected chi connectivity index (χ2v) is 6.95. The monoisotopic (exact) mass is 340 g/mol. The van der Waals surface area contributed by atoms with E-state index in [9.17, 15) is 10.2 Å². The minimum atomic E-state index is 0.147. The van der Waals surface area contributed by atoms with E-state index in [4.69, 9.17) is 0 Å². The molecule has 0 fully saturated rings. The molecular weight excluding hydrogens is 320 g/mol. The van der Waals surface area contributed by atoms with Gasteiger partial charge in [-0.25, -0.2) is 0 Å². The number of fused-ring (bicyclic) bond motifs is 2. The third kappa shape index (κ3) is 2.06. The molecule has 0 spiro atoms. The van der Waals surface area contributed by atoms with Crippen LogP contribution in [-0.2, 0) is 12.8 Å². The fraction of sp³-hybridized carbons (Fsp3) is 0.167. The van der Waals surface area contributed by atoms with Crippen LogP contribution in [0.1, 0.15) is 11.1 Å². The first-order chi connectivity index (χ1) is 12.8. The Bertz CT molecular complexity index is 1250. The van der Waals surface area contributed by atoms with Gasteiger partial charge < -0.3 is 10.2 Å². The molecule has 128 valence electrons. The smallest absolute Gasteiger partial charge is 0.0471 e. The van der Waals surface area contributed by atoms with E-state index in [2.05, 4.69) is 60.7 Å². The summed E-state index contributed by atoms with van der Waals surface area (Å²) in [5, 5.41) is 29.1. The van der Waals surface area contributed by atoms with Gasteiger partial charge in [-0.1, -0.05) is 60.7 Å². The molecule has 26 heavy (non-hydrogen) atoms. The Balaban J connectivity index is 2.09. The highest BCUT2D eigenvalue weighted by atomic mass is 16.3. The standard InChI is InChI=1S/C24H20O2/c25-13-11-15-9-10-21-23-17(12-14-26)8-7-16-3-1-5-19(22(16)23)20-6-2-4-18(15)24(20)21/h1-10,25-26H,11-14H2. The van der Waals surface area contributed by atoms with Crippen LogP contribution >= 0.6 is 0 Å². The second kappa shape index (κ2) is 5.94. The molecule has 0 bridgehead atoms. The Morgan fingerprint density at radius 2 is 1.15 bits per heavy atom. The van der Waals surface area contributed by atoms with E-state index in [1.165, 1.54) is 54.2 Å². The minimum absolute atomic E-state index is 0.147. The summed E-state index contributed by atoms with van der Waals surface area (Å²) in [5.74, 6) is 0. The lowest BCUT2D eigenvalue weighted by Gasteiger charge is -2.18. The van der Waals surface area contributed by atoms with Crippen molar-refractivity contribution in [3.8, 4) is 0 Å². The van der Waals surface area contributed by atoms with Crippen molar-refractivity contribution in [1.82, 2.24) is 0 Å². The molecule has 5 rings (SSSR count). The van der Waals surface area contributed by atoms with Crippen LogP contribution < -0.4 is 0 Å². The van der Waals surface area contributed by atoms with Crippen LogP contribution in [0.4, 0.5) is 0 Å². The summed E-state index contributed by atoms with van der Waals surface area (Å²) < 4.78 is 0. The summed E-state index contributed by atoms with van der Waals surface area (Å²) in [4.78, 5) is 0. The Morgan fingerprint density at radius 3 is 1.96 bits per heavy atom. The van der Waals surface area contributed by atoms with Crippen molar-refractivity contribution in [3.05, 3.63) is 71.8 Å². The van der Waals surface area contributed by atoms with Gasteiger partial charge in [0.2, 0.25) is 0 Å². The topological polar surface area (TPSA) is 40.5 Å². The first-order valence-electron chi connectivity index (χ1n) is 9.15. The van der Waals surface area contributed by atoms with E-state index >= 15 is 0 Å². The van der Waals surface area contributed by atoms with Crippen LogP contribution in [0.15, 0.2) is 60.7 Å². The predicted octanol–water partition coefficient (Wildman–Crippen LogP) is 4.81. The van der Waals surface area contributed by atoms with Crippen LogP contribution in [0.5, 0.6) is 0 Å². The van der Waals surface area contributed by atoms with Crippen LogP contribution in [0.3, 0.4) is 0 Å². The van der Waals surface area contributed by atoms with Crippen molar-refractivity contribution in [3.63, 3.8) is 0 Å². The lowest BCUT2D eigenvalue weighted by atomic mass is 9.86. The molecule has 0 amide bonds. The van der Waals surface area contributed by atoms with Crippen molar-refractivity contribution in [1.29, 1.82) is 0 Å². The molecule has 2 nitrogen and oxygen atoms in total. The van der Waals surface area contributed by atoms with Crippen LogP contribution in [0.25, 0.3) is 43.1 Å². The molecule has 0 aliphatic carbocycles. The molecular formula is C24H20O2. The van der Waals surface area contributed by atoms with Crippen molar-refractivity contribution in [2.24, 2.45) is 0 Å². The maximum absolute atomic E-state index is 9.57. The summed E-state index contributed by atoms with van der Waals surface area (Å²) in [5.41, 5.74) is 2.38. The van der Waals surface area contributed by atoms with E-state index in [0.29, 0.717) is 12.8 Å². The maximum Gasteiger partial charge on any atom is 0.0471 e. The normalized spacial score (nSPS) is 12.1. The molecule has 2 heteroatoms. The van der Waals surface area contributed by atoms with E-state index in [1.54, 1.807) is 0 Å². The molecule has 0 aliphatic rings. The Hall–Kier alpha value is -2.68. The second-order valence-electron chi connectivity index (χ2n) is 6.95. The number of benzene rings is 5. The van der Waals surface area contributed by atoms with E-state index < -0.39 is 0 Å². The fourth-order valence-electron chi connectivity index (χ4n) is 4.52. The quantitative estimate of drug-likeness (QED) is 0.364. The molecule has 0 unspecified atom stereocenters. The third-order valence-electron chi connectivity index (χ3n) is 5.58. The molecule has 0 aliphatic heterocycles. The summed E-state index contributed by atoms with van der Waals surface area (Å²) in [6.45, 7) is 0.300. The minimum Gasteiger partial charge on any atom is -0.396 e. The maximum atomic E-state index is 9.57. The highest BCUT2D eigenvalue weighted by Crippen LogP contribution is 2.42. The highest BCUT2D eigenvalue weighted by molar-refractivity contribution is 6.33. The van der Waals surface area contributed by atoms with Crippen LogP contribution in [-0.4, -0.2) is 23.4 Å². The third-order valence-corrected chi connectivity index (χ3v) is 5.58. The van der Waals surface area contributed by atoms with Gasteiger partial charge in [0.05, 0.1) is 0 Å². The average Bonchev–Trinajstić information content (AvgIpc) is 2.68. The number of rotatable bonds is 4. The molecule has 5 aromatic rings. The van der Waals surface area contributed by atoms with E-state index in [-0.39, 0.29) is 13.2 Å². The van der Waals surface area contributed by atoms with Gasteiger partial charge in [0.1, 0.15) is 0 Å². The van der Waals surface area contributed by atoms with E-state index in [1.807, 2.05) is 0 Å². The molecule has 2 N–H and O–H groups in total. The van der Waals surface area contributed by atoms with Gasteiger partial charge in [0.25, 0.3) is 0 Å². The number of aliphatic hydroxyl groups is 2. The van der Waals surface area contributed by atoms with Crippen molar-refractivity contribution in [2.45, 2.75) is 12.8 Å². The van der Waals surface area contributed by atoms with Crippen LogP contribution in [0.2, 0.25) is 0 Å². The van der Waals surface area contributed by atoms with Gasteiger partial charge in [-0.15, -0.1) is 0 Å². The molecule has 0 saturated carbocycles. The summed E-state index contributed by atoms with van der Waals surface area (Å²) in [6.07, 6.45) is 1.32. The fourth-order valence-corrected chi connectivity index (χ4v) is 4.52. The highest BCUT2D eigenvalue weighted by Gasteiger charge is 2.16. The SMILES string of the molecule is OCCc1ccc2c3c(CCO)ccc4cccc(c5cccc1c52)c43. The van der Waals surface area contributed by atoms with Gasteiger partial charge >= 0.3 is 0 Å². The number of aliphatic hydroxyl groups excluding tert-OH is 2. The van der Waals surface area contributed by atoms with Gasteiger partial charge in [-0.2, -0.15) is 0 Å². The largest absolute Gasteiger partial charge is 0.396 e. The lowest BCUT2D eigenvalue weighted by Crippen LogP contribution is -1.97. The number of hydrogen-bond acceptors (Lipinski definition) is 2. The summed E-state index contributed by atoms with van der Waals surface area (Å²) >= 11 is 0. The van der Waals surface area contributed by atoms with Crippen molar-refractivity contribution in [2.75, 3.05) is 13.2 Å². The van der Waals surface area contributed by atoms with Gasteiger partial charge in [-0.3, -0.25) is 0 Å². The van der Waals surface area contributed by atoms with Gasteiger partial charge in [0.15, 0.2) is 0 Å². The molecule has 0 atom stereocenters. The Kier molecular flexibility index (Phi) is 3.56. The zero-order chi connectivity index (χ0) is 17.7. The average molecular weight is 340 g/mol. The summed E-state index contributed by atoms with van der Waals surface area (Å²) in [7, 11) is 0. The predicted molar refractivity (Wildman–Crippen MR) is 109 cm³/mol. The van der Waals surface area contributed by atoms with Crippen molar-refractivity contribution >= 4 is 43.1 Å². The van der Waals surface area contributed by atoms with Crippen LogP contribution in [0, 0.1) is 0 Å². The lowest BCUT2D eigenvalue weighted by molar-refractivity contribution is 0.299. The first-order valence-corrected chi connectivity index (χ1v) is 9.15. The molecule has 0 radical (unpaired) electrons. The van der Waals surface area contributed by atoms with Crippen molar-refractivity contribution < 1.29 is 10.2 Å². The first kappa shape index (κ1) is 15.6. The number of hydrogen-bond donors (Lipinski definition) is 2. The van der Waals surface area contributed by atoms with Gasteiger partial charge in [0, 0.05) is 13.2 Å². The Morgan fingerprint density at radius 1 is 0.500 bits per heavy atom. The zero-order valence-electron chi connectivity index (χ0n) is 14.5. The molecule has 0 heterocycles. The molecule has 0 aromatic heterocycles.